The molecule has 0 radical (unpaired) electrons. The number of fused-ring (bicyclic) bond motifs is 1. The highest BCUT2D eigenvalue weighted by molar-refractivity contribution is 7.33. The standard InChI is InChI=1S/C46H86O8P2Si2/c1-16-49-55(47)51-31-19-21-37(22-20-32-52-56(48)50-17-2)25-24-35(3)41-28-29-42-38(23-18-30-46(41,42)11)26-27-39-33-40(53-57(12,13)44(5,6)7)34-43(36(39)4)54-58(14,15)45(8,9)10/h24-27,35,37,40-43,55-56H,4,16-23,28-34H2,1-3,5-15H3/b25-24+,38-26+,39-27-/t35-,40-,41-,42?,43+,46-/m1/s1. The lowest BCUT2D eigenvalue weighted by atomic mass is 9.61. The summed E-state index contributed by atoms with van der Waals surface area (Å²) in [5.74, 6) is 1.97. The first kappa shape index (κ1) is 52.0. The molecule has 0 spiro atoms. The van der Waals surface area contributed by atoms with Crippen LogP contribution >= 0.6 is 16.5 Å². The maximum absolute atomic E-state index is 11.9. The van der Waals surface area contributed by atoms with Gasteiger partial charge in [0.25, 0.3) is 0 Å². The fourth-order valence-corrected chi connectivity index (χ4v) is 13.0. The monoisotopic (exact) mass is 885 g/mol. The second-order valence-electron chi connectivity index (χ2n) is 20.7. The van der Waals surface area contributed by atoms with Gasteiger partial charge in [-0.25, -0.2) is 0 Å². The Labute approximate surface area is 359 Å². The Bertz CT molecular complexity index is 1440. The Morgan fingerprint density at radius 1 is 0.828 bits per heavy atom. The quantitative estimate of drug-likeness (QED) is 0.0460. The van der Waals surface area contributed by atoms with E-state index >= 15 is 0 Å². The van der Waals surface area contributed by atoms with Gasteiger partial charge in [0.1, 0.15) is 0 Å². The summed E-state index contributed by atoms with van der Waals surface area (Å²) < 4.78 is 59.2. The number of rotatable bonds is 22. The molecule has 336 valence electrons. The number of hydrogen-bond acceptors (Lipinski definition) is 8. The molecule has 0 bridgehead atoms. The van der Waals surface area contributed by atoms with Crippen LogP contribution in [0.2, 0.25) is 36.3 Å². The van der Waals surface area contributed by atoms with Crippen LogP contribution in [0, 0.1) is 29.1 Å². The van der Waals surface area contributed by atoms with Gasteiger partial charge in [0.2, 0.25) is 0 Å². The van der Waals surface area contributed by atoms with Crippen LogP contribution in [0.15, 0.2) is 47.6 Å². The van der Waals surface area contributed by atoms with Gasteiger partial charge in [0.05, 0.1) is 38.6 Å². The summed E-state index contributed by atoms with van der Waals surface area (Å²) in [6, 6.07) is 0. The predicted molar refractivity (Wildman–Crippen MR) is 250 cm³/mol. The van der Waals surface area contributed by atoms with Crippen molar-refractivity contribution in [2.75, 3.05) is 26.4 Å². The molecule has 3 saturated carbocycles. The molecule has 8 atom stereocenters. The smallest absolute Gasteiger partial charge is 0.319 e. The molecule has 0 saturated heterocycles. The predicted octanol–water partition coefficient (Wildman–Crippen LogP) is 14.4. The van der Waals surface area contributed by atoms with Crippen LogP contribution in [-0.4, -0.2) is 55.3 Å². The summed E-state index contributed by atoms with van der Waals surface area (Å²) in [6.07, 6.45) is 21.3. The molecule has 0 aromatic heterocycles. The van der Waals surface area contributed by atoms with Crippen molar-refractivity contribution in [3.05, 3.63) is 47.6 Å². The van der Waals surface area contributed by atoms with Gasteiger partial charge >= 0.3 is 16.5 Å². The molecule has 58 heavy (non-hydrogen) atoms. The summed E-state index contributed by atoms with van der Waals surface area (Å²) in [6.45, 7) is 38.4. The molecule has 3 aliphatic rings. The van der Waals surface area contributed by atoms with Crippen LogP contribution in [0.5, 0.6) is 0 Å². The highest BCUT2D eigenvalue weighted by Gasteiger charge is 2.50. The zero-order chi connectivity index (χ0) is 43.5. The molecule has 3 rings (SSSR count). The third-order valence-electron chi connectivity index (χ3n) is 14.5. The summed E-state index contributed by atoms with van der Waals surface area (Å²) >= 11 is 0. The molecule has 0 heterocycles. The van der Waals surface area contributed by atoms with Gasteiger partial charge in [-0.3, -0.25) is 9.13 Å². The second-order valence-corrected chi connectivity index (χ2v) is 32.4. The lowest BCUT2D eigenvalue weighted by Gasteiger charge is -2.45. The minimum absolute atomic E-state index is 0.0156. The van der Waals surface area contributed by atoms with Crippen molar-refractivity contribution in [1.29, 1.82) is 0 Å². The third kappa shape index (κ3) is 14.9. The van der Waals surface area contributed by atoms with Crippen molar-refractivity contribution in [2.24, 2.45) is 29.1 Å². The normalized spacial score (nSPS) is 28.6. The van der Waals surface area contributed by atoms with Gasteiger partial charge in [0.15, 0.2) is 16.6 Å². The Hall–Kier alpha value is -0.386. The zero-order valence-corrected chi connectivity index (χ0v) is 43.4. The van der Waals surface area contributed by atoms with E-state index in [9.17, 15) is 9.13 Å². The molecular weight excluding hydrogens is 799 g/mol. The first-order valence-corrected chi connectivity index (χ1v) is 30.9. The molecule has 8 nitrogen and oxygen atoms in total. The van der Waals surface area contributed by atoms with Crippen LogP contribution in [0.4, 0.5) is 0 Å². The van der Waals surface area contributed by atoms with Gasteiger partial charge in [-0.2, -0.15) is 0 Å². The Kier molecular flexibility index (Phi) is 20.4. The van der Waals surface area contributed by atoms with E-state index in [4.69, 9.17) is 33.5 Å². The van der Waals surface area contributed by atoms with Crippen LogP contribution in [0.25, 0.3) is 0 Å². The van der Waals surface area contributed by atoms with E-state index in [1.165, 1.54) is 37.7 Å². The summed E-state index contributed by atoms with van der Waals surface area (Å²) in [7, 11) is -8.86. The average molecular weight is 885 g/mol. The van der Waals surface area contributed by atoms with Gasteiger partial charge in [-0.05, 0) is 155 Å². The molecule has 3 aliphatic carbocycles. The third-order valence-corrected chi connectivity index (χ3v) is 25.4. The van der Waals surface area contributed by atoms with Crippen molar-refractivity contribution in [3.63, 3.8) is 0 Å². The molecule has 0 amide bonds. The van der Waals surface area contributed by atoms with E-state index in [1.807, 2.05) is 13.8 Å². The van der Waals surface area contributed by atoms with E-state index < -0.39 is 33.1 Å². The first-order chi connectivity index (χ1) is 27.0. The van der Waals surface area contributed by atoms with Crippen molar-refractivity contribution < 1.29 is 36.1 Å². The maximum atomic E-state index is 11.9. The topological polar surface area (TPSA) is 89.5 Å². The lowest BCUT2D eigenvalue weighted by molar-refractivity contribution is 0.0969. The van der Waals surface area contributed by atoms with E-state index in [0.717, 1.165) is 44.1 Å². The highest BCUT2D eigenvalue weighted by Crippen LogP contribution is 2.59. The molecule has 12 heteroatoms. The minimum atomic E-state index is -2.43. The van der Waals surface area contributed by atoms with E-state index in [0.29, 0.717) is 50.1 Å². The second kappa shape index (κ2) is 22.8. The highest BCUT2D eigenvalue weighted by atomic mass is 31.1. The molecule has 3 fully saturated rings. The average Bonchev–Trinajstić information content (AvgIpc) is 3.47. The van der Waals surface area contributed by atoms with Gasteiger partial charge < -0.3 is 26.9 Å². The zero-order valence-electron chi connectivity index (χ0n) is 39.4. The molecule has 3 unspecified atom stereocenters. The van der Waals surface area contributed by atoms with Crippen LogP contribution in [-0.2, 0) is 36.1 Å². The van der Waals surface area contributed by atoms with Crippen molar-refractivity contribution in [3.8, 4) is 0 Å². The molecule has 0 aromatic carbocycles. The number of allylic oxidation sites excluding steroid dienone is 5. The van der Waals surface area contributed by atoms with E-state index in [1.54, 1.807) is 5.57 Å². The van der Waals surface area contributed by atoms with Gasteiger partial charge in [0, 0.05) is 6.42 Å². The fraction of sp³-hybridized carbons (Fsp3) is 0.826. The van der Waals surface area contributed by atoms with Gasteiger partial charge in [-0.15, -0.1) is 0 Å². The largest absolute Gasteiger partial charge is 0.413 e. The molecule has 0 N–H and O–H groups in total. The van der Waals surface area contributed by atoms with Crippen molar-refractivity contribution in [2.45, 2.75) is 188 Å². The summed E-state index contributed by atoms with van der Waals surface area (Å²) in [5, 5.41) is 0.265. The fourth-order valence-electron chi connectivity index (χ4n) is 9.03. The summed E-state index contributed by atoms with van der Waals surface area (Å²) in [4.78, 5) is 0. The Balaban J connectivity index is 1.80. The van der Waals surface area contributed by atoms with Crippen molar-refractivity contribution >= 4 is 33.1 Å². The molecule has 0 aliphatic heterocycles. The Morgan fingerprint density at radius 2 is 1.38 bits per heavy atom. The van der Waals surface area contributed by atoms with E-state index in [-0.39, 0.29) is 27.7 Å². The van der Waals surface area contributed by atoms with Crippen LogP contribution in [0.1, 0.15) is 140 Å². The summed E-state index contributed by atoms with van der Waals surface area (Å²) in [5.41, 5.74) is 4.32. The molecular formula is C46H86O8P2Si2. The van der Waals surface area contributed by atoms with E-state index in [2.05, 4.69) is 106 Å². The lowest BCUT2D eigenvalue weighted by Crippen LogP contribution is -2.49. The number of hydrogen-bond donors (Lipinski definition) is 0. The maximum Gasteiger partial charge on any atom is 0.319 e. The molecule has 0 aromatic rings. The first-order valence-electron chi connectivity index (χ1n) is 22.7. The van der Waals surface area contributed by atoms with Gasteiger partial charge in [-0.1, -0.05) is 91.8 Å². The Morgan fingerprint density at radius 3 is 1.91 bits per heavy atom. The van der Waals surface area contributed by atoms with Crippen LogP contribution in [0.3, 0.4) is 0 Å². The van der Waals surface area contributed by atoms with Crippen LogP contribution < -0.4 is 0 Å². The van der Waals surface area contributed by atoms with Crippen molar-refractivity contribution in [1.82, 2.24) is 0 Å². The minimum Gasteiger partial charge on any atom is -0.413 e. The SMILES string of the molecule is C=C1/C(=C\C=C2/CCC[C@@]3(C)C2CC[C@@H]3[C@H](C)/C=C/C(CCCO[PH](=O)OCC)CCCO[PH](=O)OCC)C[C@@H](O[Si](C)(C)C(C)(C)C)C[C@@H]1O[Si](C)(C)C(C)(C)C.